The van der Waals surface area contributed by atoms with E-state index in [1.165, 1.54) is 32.1 Å². The average molecular weight is 249 g/mol. The number of carbonyl (C=O) groups excluding carboxylic acids is 1. The van der Waals surface area contributed by atoms with E-state index in [4.69, 9.17) is 0 Å². The quantitative estimate of drug-likeness (QED) is 0.802. The summed E-state index contributed by atoms with van der Waals surface area (Å²) in [5, 5.41) is 0.724. The van der Waals surface area contributed by atoms with Crippen LogP contribution in [0.2, 0.25) is 0 Å². The van der Waals surface area contributed by atoms with Gasteiger partial charge in [-0.2, -0.15) is 11.8 Å². The van der Waals surface area contributed by atoms with Crippen molar-refractivity contribution in [1.29, 1.82) is 0 Å². The first-order valence-corrected chi connectivity index (χ1v) is 7.41. The van der Waals surface area contributed by atoms with Gasteiger partial charge < -0.3 is 0 Å². The van der Waals surface area contributed by atoms with Crippen LogP contribution in [0.15, 0.2) is 24.5 Å². The summed E-state index contributed by atoms with van der Waals surface area (Å²) in [5.41, 5.74) is 1.03. The maximum atomic E-state index is 11.8. The lowest BCUT2D eigenvalue weighted by Crippen LogP contribution is -2.13. The highest BCUT2D eigenvalue weighted by atomic mass is 32.2. The van der Waals surface area contributed by atoms with Crippen molar-refractivity contribution in [2.24, 2.45) is 0 Å². The van der Waals surface area contributed by atoms with Crippen molar-refractivity contribution in [3.05, 3.63) is 30.1 Å². The Morgan fingerprint density at radius 3 is 2.88 bits per heavy atom. The Hall–Kier alpha value is -0.830. The van der Waals surface area contributed by atoms with Crippen LogP contribution in [0.3, 0.4) is 0 Å². The molecule has 0 aromatic carbocycles. The number of carbonyl (C=O) groups is 1. The Kier molecular flexibility index (Phi) is 5.05. The zero-order chi connectivity index (χ0) is 11.9. The Labute approximate surface area is 107 Å². The van der Waals surface area contributed by atoms with Crippen LogP contribution >= 0.6 is 11.8 Å². The Balaban J connectivity index is 1.70. The summed E-state index contributed by atoms with van der Waals surface area (Å²) >= 11 is 1.85. The first kappa shape index (κ1) is 12.6. The maximum absolute atomic E-state index is 11.8. The molecule has 0 aliphatic heterocycles. The van der Waals surface area contributed by atoms with Gasteiger partial charge in [0, 0.05) is 24.1 Å². The predicted molar refractivity (Wildman–Crippen MR) is 72.3 cm³/mol. The molecule has 1 aromatic rings. The highest BCUT2D eigenvalue weighted by Crippen LogP contribution is 2.28. The summed E-state index contributed by atoms with van der Waals surface area (Å²) in [5.74, 6) is 0.994. The average Bonchev–Trinajstić information content (AvgIpc) is 2.39. The molecule has 0 N–H and O–H groups in total. The number of thioether (sulfide) groups is 1. The topological polar surface area (TPSA) is 30.0 Å². The van der Waals surface area contributed by atoms with Crippen LogP contribution < -0.4 is 0 Å². The summed E-state index contributed by atoms with van der Waals surface area (Å²) in [6.07, 6.45) is 10.7. The van der Waals surface area contributed by atoms with Crippen molar-refractivity contribution in [2.45, 2.75) is 43.8 Å². The van der Waals surface area contributed by atoms with Crippen LogP contribution in [0, 0.1) is 0 Å². The Morgan fingerprint density at radius 1 is 1.35 bits per heavy atom. The van der Waals surface area contributed by atoms with Gasteiger partial charge in [0.25, 0.3) is 0 Å². The van der Waals surface area contributed by atoms with E-state index in [2.05, 4.69) is 4.98 Å². The molecule has 0 atom stereocenters. The van der Waals surface area contributed by atoms with Gasteiger partial charge in [0.2, 0.25) is 0 Å². The zero-order valence-electron chi connectivity index (χ0n) is 10.1. The van der Waals surface area contributed by atoms with Gasteiger partial charge in [0.05, 0.1) is 5.75 Å². The number of hydrogen-bond acceptors (Lipinski definition) is 3. The Bertz CT molecular complexity index is 346. The molecule has 1 fully saturated rings. The van der Waals surface area contributed by atoms with Gasteiger partial charge in [-0.15, -0.1) is 0 Å². The van der Waals surface area contributed by atoms with Gasteiger partial charge in [-0.3, -0.25) is 9.78 Å². The van der Waals surface area contributed by atoms with Crippen molar-refractivity contribution in [3.8, 4) is 0 Å². The van der Waals surface area contributed by atoms with E-state index in [-0.39, 0.29) is 0 Å². The van der Waals surface area contributed by atoms with Crippen molar-refractivity contribution in [1.82, 2.24) is 4.98 Å². The molecule has 17 heavy (non-hydrogen) atoms. The number of pyridine rings is 1. The largest absolute Gasteiger partial charge is 0.298 e. The third kappa shape index (κ3) is 4.50. The fourth-order valence-corrected chi connectivity index (χ4v) is 3.41. The molecule has 2 rings (SSSR count). The summed E-state index contributed by atoms with van der Waals surface area (Å²) in [7, 11) is 0. The number of hydrogen-bond donors (Lipinski definition) is 0. The number of ketones is 1. The highest BCUT2D eigenvalue weighted by molar-refractivity contribution is 8.00. The smallest absolute Gasteiger partial charge is 0.147 e. The van der Waals surface area contributed by atoms with Crippen LogP contribution in [0.25, 0.3) is 0 Å². The summed E-state index contributed by atoms with van der Waals surface area (Å²) in [4.78, 5) is 15.8. The molecule has 1 saturated carbocycles. The molecule has 92 valence electrons. The van der Waals surface area contributed by atoms with Crippen LogP contribution in [0.5, 0.6) is 0 Å². The van der Waals surface area contributed by atoms with Gasteiger partial charge in [-0.05, 0) is 24.5 Å². The Morgan fingerprint density at radius 2 is 2.18 bits per heavy atom. The van der Waals surface area contributed by atoms with Crippen molar-refractivity contribution in [3.63, 3.8) is 0 Å². The molecular formula is C14H19NOS. The number of rotatable bonds is 5. The van der Waals surface area contributed by atoms with Crippen molar-refractivity contribution < 1.29 is 4.79 Å². The summed E-state index contributed by atoms with van der Waals surface area (Å²) < 4.78 is 0. The number of nitrogens with zero attached hydrogens (tertiary/aromatic N) is 1. The van der Waals surface area contributed by atoms with Crippen LogP contribution in [0.1, 0.15) is 37.7 Å². The minimum Gasteiger partial charge on any atom is -0.298 e. The van der Waals surface area contributed by atoms with E-state index < -0.39 is 0 Å². The molecule has 3 heteroatoms. The predicted octanol–water partition coefficient (Wildman–Crippen LogP) is 3.26. The van der Waals surface area contributed by atoms with Gasteiger partial charge in [-0.1, -0.05) is 25.3 Å². The number of Topliss-reactive ketones (excluding diaryl/α,β-unsaturated/α-hetero) is 1. The lowest BCUT2D eigenvalue weighted by molar-refractivity contribution is -0.116. The molecule has 0 bridgehead atoms. The molecule has 0 radical (unpaired) electrons. The lowest BCUT2D eigenvalue weighted by atomic mass is 10.0. The van der Waals surface area contributed by atoms with Crippen molar-refractivity contribution in [2.75, 3.05) is 5.75 Å². The van der Waals surface area contributed by atoms with Gasteiger partial charge >= 0.3 is 0 Å². The fraction of sp³-hybridized carbons (Fsp3) is 0.571. The molecule has 1 heterocycles. The van der Waals surface area contributed by atoms with E-state index in [0.29, 0.717) is 18.0 Å². The minimum atomic E-state index is 0.327. The monoisotopic (exact) mass is 249 g/mol. The van der Waals surface area contributed by atoms with Crippen LogP contribution in [-0.2, 0) is 11.2 Å². The molecule has 1 aromatic heterocycles. The van der Waals surface area contributed by atoms with Crippen molar-refractivity contribution >= 4 is 17.5 Å². The van der Waals surface area contributed by atoms with Gasteiger partial charge in [0.1, 0.15) is 5.78 Å². The standard InChI is InChI=1S/C14H19NOS/c16-13(9-12-5-4-8-15-10-12)11-17-14-6-2-1-3-7-14/h4-5,8,10,14H,1-3,6-7,9,11H2. The second-order valence-electron chi connectivity index (χ2n) is 4.65. The molecule has 1 aliphatic rings. The minimum absolute atomic E-state index is 0.327. The van der Waals surface area contributed by atoms with E-state index in [0.717, 1.165) is 10.8 Å². The summed E-state index contributed by atoms with van der Waals surface area (Å²) in [6, 6.07) is 3.85. The van der Waals surface area contributed by atoms with E-state index in [9.17, 15) is 4.79 Å². The number of aromatic nitrogens is 1. The van der Waals surface area contributed by atoms with E-state index in [1.807, 2.05) is 23.9 Å². The maximum Gasteiger partial charge on any atom is 0.147 e. The van der Waals surface area contributed by atoms with Gasteiger partial charge in [-0.25, -0.2) is 0 Å². The van der Waals surface area contributed by atoms with Gasteiger partial charge in [0.15, 0.2) is 0 Å². The first-order valence-electron chi connectivity index (χ1n) is 6.37. The highest BCUT2D eigenvalue weighted by Gasteiger charge is 2.15. The molecule has 2 nitrogen and oxygen atoms in total. The molecule has 0 amide bonds. The first-order chi connectivity index (χ1) is 8.34. The van der Waals surface area contributed by atoms with Crippen LogP contribution in [0.4, 0.5) is 0 Å². The second-order valence-corrected chi connectivity index (χ2v) is 5.94. The van der Waals surface area contributed by atoms with Crippen LogP contribution in [-0.4, -0.2) is 21.8 Å². The molecular weight excluding hydrogens is 230 g/mol. The van der Waals surface area contributed by atoms with E-state index >= 15 is 0 Å². The second kappa shape index (κ2) is 6.80. The molecule has 0 unspecified atom stereocenters. The molecule has 0 saturated heterocycles. The lowest BCUT2D eigenvalue weighted by Gasteiger charge is -2.20. The summed E-state index contributed by atoms with van der Waals surface area (Å²) in [6.45, 7) is 0. The zero-order valence-corrected chi connectivity index (χ0v) is 10.9. The fourth-order valence-electron chi connectivity index (χ4n) is 2.22. The normalized spacial score (nSPS) is 16.9. The third-order valence-corrected chi connectivity index (χ3v) is 4.59. The third-order valence-electron chi connectivity index (χ3n) is 3.16. The molecule has 0 spiro atoms. The van der Waals surface area contributed by atoms with E-state index in [1.54, 1.807) is 12.4 Å². The SMILES string of the molecule is O=C(CSC1CCCCC1)Cc1cccnc1. The molecule has 1 aliphatic carbocycles.